The highest BCUT2D eigenvalue weighted by Crippen LogP contribution is 2.32. The maximum Gasteiger partial charge on any atom is 0.256 e. The predicted molar refractivity (Wildman–Crippen MR) is 91.4 cm³/mol. The third-order valence-electron chi connectivity index (χ3n) is 5.52. The number of hydrogen-bond acceptors (Lipinski definition) is 5. The SMILES string of the molecule is O=C(c1cccc2c1NCCC2)N1CCC2OCc3cnnn3C2C1. The molecule has 1 N–H and O–H groups in total. The van der Waals surface area contributed by atoms with E-state index in [1.165, 1.54) is 5.56 Å². The Labute approximate surface area is 146 Å². The molecule has 0 saturated carbocycles. The average molecular weight is 339 g/mol. The first-order valence-corrected chi connectivity index (χ1v) is 8.97. The van der Waals surface area contributed by atoms with E-state index in [0.717, 1.165) is 42.8 Å². The Balaban J connectivity index is 1.43. The fourth-order valence-corrected chi connectivity index (χ4v) is 4.22. The number of carbonyl (C=O) groups is 1. The lowest BCUT2D eigenvalue weighted by molar-refractivity contribution is -0.0604. The summed E-state index contributed by atoms with van der Waals surface area (Å²) in [6, 6.07) is 6.09. The van der Waals surface area contributed by atoms with E-state index in [0.29, 0.717) is 19.7 Å². The standard InChI is InChI=1S/C18H21N5O2/c24-18(14-5-1-3-12-4-2-7-19-17(12)14)22-8-6-16-15(10-22)23-13(11-25-16)9-20-21-23/h1,3,5,9,15-16,19H,2,4,6-8,10-11H2. The Morgan fingerprint density at radius 3 is 3.28 bits per heavy atom. The third-order valence-corrected chi connectivity index (χ3v) is 5.52. The van der Waals surface area contributed by atoms with Crippen LogP contribution in [0.3, 0.4) is 0 Å². The number of hydrogen-bond donors (Lipinski definition) is 1. The molecule has 2 unspecified atom stereocenters. The summed E-state index contributed by atoms with van der Waals surface area (Å²) in [4.78, 5) is 15.1. The molecule has 7 nitrogen and oxygen atoms in total. The number of nitrogens with one attached hydrogen (secondary N) is 1. The molecule has 1 amide bonds. The summed E-state index contributed by atoms with van der Waals surface area (Å²) in [5, 5.41) is 11.6. The summed E-state index contributed by atoms with van der Waals surface area (Å²) in [6.45, 7) is 2.81. The molecule has 1 fully saturated rings. The molecule has 2 aromatic rings. The maximum atomic E-state index is 13.2. The first kappa shape index (κ1) is 14.9. The molecule has 4 heterocycles. The number of para-hydroxylation sites is 1. The van der Waals surface area contributed by atoms with Crippen molar-refractivity contribution < 1.29 is 9.53 Å². The molecular formula is C18H21N5O2. The number of piperidine rings is 1. The van der Waals surface area contributed by atoms with E-state index >= 15 is 0 Å². The highest BCUT2D eigenvalue weighted by atomic mass is 16.5. The minimum absolute atomic E-state index is 0.0523. The molecule has 1 saturated heterocycles. The minimum Gasteiger partial charge on any atom is -0.384 e. The number of likely N-dealkylation sites (tertiary alicyclic amines) is 1. The molecule has 0 bridgehead atoms. The van der Waals surface area contributed by atoms with Gasteiger partial charge in [-0.3, -0.25) is 4.79 Å². The van der Waals surface area contributed by atoms with Gasteiger partial charge < -0.3 is 15.0 Å². The Morgan fingerprint density at radius 1 is 1.36 bits per heavy atom. The molecule has 3 aliphatic heterocycles. The molecule has 3 aliphatic rings. The van der Waals surface area contributed by atoms with E-state index in [1.54, 1.807) is 6.20 Å². The van der Waals surface area contributed by atoms with Gasteiger partial charge in [-0.1, -0.05) is 17.3 Å². The van der Waals surface area contributed by atoms with E-state index in [2.05, 4.69) is 21.7 Å². The van der Waals surface area contributed by atoms with E-state index in [1.807, 2.05) is 21.7 Å². The van der Waals surface area contributed by atoms with Crippen LogP contribution in [-0.4, -0.2) is 51.5 Å². The molecule has 1 aromatic heterocycles. The number of ether oxygens (including phenoxy) is 1. The summed E-state index contributed by atoms with van der Waals surface area (Å²) < 4.78 is 7.88. The number of aromatic nitrogens is 3. The third kappa shape index (κ3) is 2.41. The number of anilines is 1. The number of fused-ring (bicyclic) bond motifs is 4. The summed E-state index contributed by atoms with van der Waals surface area (Å²) in [7, 11) is 0. The van der Waals surface area contributed by atoms with Crippen molar-refractivity contribution in [2.75, 3.05) is 25.0 Å². The zero-order valence-corrected chi connectivity index (χ0v) is 14.0. The number of rotatable bonds is 1. The van der Waals surface area contributed by atoms with Gasteiger partial charge in [0, 0.05) is 19.6 Å². The van der Waals surface area contributed by atoms with Crippen molar-refractivity contribution >= 4 is 11.6 Å². The normalized spacial score (nSPS) is 24.7. The quantitative estimate of drug-likeness (QED) is 0.855. The van der Waals surface area contributed by atoms with Crippen molar-refractivity contribution in [3.05, 3.63) is 41.2 Å². The molecule has 2 atom stereocenters. The van der Waals surface area contributed by atoms with Crippen LogP contribution in [0.15, 0.2) is 24.4 Å². The summed E-state index contributed by atoms with van der Waals surface area (Å²) in [6.07, 6.45) is 4.84. The van der Waals surface area contributed by atoms with Crippen molar-refractivity contribution in [1.82, 2.24) is 19.9 Å². The second kappa shape index (κ2) is 5.84. The molecule has 0 spiro atoms. The first-order valence-electron chi connectivity index (χ1n) is 8.97. The smallest absolute Gasteiger partial charge is 0.256 e. The molecule has 1 aromatic carbocycles. The number of nitrogens with zero attached hydrogens (tertiary/aromatic N) is 4. The van der Waals surface area contributed by atoms with Gasteiger partial charge in [-0.25, -0.2) is 4.68 Å². The molecule has 0 aliphatic carbocycles. The van der Waals surface area contributed by atoms with Crippen molar-refractivity contribution in [2.24, 2.45) is 0 Å². The highest BCUT2D eigenvalue weighted by molar-refractivity contribution is 6.00. The van der Waals surface area contributed by atoms with E-state index in [9.17, 15) is 4.79 Å². The predicted octanol–water partition coefficient (Wildman–Crippen LogP) is 1.62. The highest BCUT2D eigenvalue weighted by Gasteiger charge is 2.38. The van der Waals surface area contributed by atoms with Crippen LogP contribution in [0, 0.1) is 0 Å². The Kier molecular flexibility index (Phi) is 3.48. The molecule has 0 radical (unpaired) electrons. The van der Waals surface area contributed by atoms with Gasteiger partial charge in [-0.15, -0.1) is 5.10 Å². The second-order valence-corrected chi connectivity index (χ2v) is 7.00. The summed E-state index contributed by atoms with van der Waals surface area (Å²) in [5.74, 6) is 0.0944. The Bertz CT molecular complexity index is 818. The van der Waals surface area contributed by atoms with E-state index < -0.39 is 0 Å². The van der Waals surface area contributed by atoms with Crippen LogP contribution in [0.5, 0.6) is 0 Å². The van der Waals surface area contributed by atoms with Crippen molar-refractivity contribution in [1.29, 1.82) is 0 Å². The fourth-order valence-electron chi connectivity index (χ4n) is 4.22. The summed E-state index contributed by atoms with van der Waals surface area (Å²) >= 11 is 0. The van der Waals surface area contributed by atoms with E-state index in [-0.39, 0.29) is 18.1 Å². The monoisotopic (exact) mass is 339 g/mol. The Hall–Kier alpha value is -2.41. The maximum absolute atomic E-state index is 13.2. The number of carbonyl (C=O) groups excluding carboxylic acids is 1. The second-order valence-electron chi connectivity index (χ2n) is 7.00. The van der Waals surface area contributed by atoms with Gasteiger partial charge in [-0.2, -0.15) is 0 Å². The van der Waals surface area contributed by atoms with Crippen LogP contribution in [0.1, 0.15) is 40.5 Å². The van der Waals surface area contributed by atoms with Crippen molar-refractivity contribution in [2.45, 2.75) is 38.0 Å². The zero-order valence-electron chi connectivity index (χ0n) is 14.0. The lowest BCUT2D eigenvalue weighted by atomic mass is 9.96. The first-order chi connectivity index (χ1) is 12.3. The number of benzene rings is 1. The number of amides is 1. The molecule has 7 heteroatoms. The Morgan fingerprint density at radius 2 is 2.32 bits per heavy atom. The van der Waals surface area contributed by atoms with Crippen LogP contribution in [-0.2, 0) is 17.8 Å². The minimum atomic E-state index is 0.0523. The van der Waals surface area contributed by atoms with Crippen molar-refractivity contribution in [3.8, 4) is 0 Å². The number of aryl methyl sites for hydroxylation is 1. The molecule has 25 heavy (non-hydrogen) atoms. The molecular weight excluding hydrogens is 318 g/mol. The van der Waals surface area contributed by atoms with Gasteiger partial charge in [0.05, 0.1) is 41.9 Å². The van der Waals surface area contributed by atoms with Gasteiger partial charge in [0.2, 0.25) is 0 Å². The van der Waals surface area contributed by atoms with Gasteiger partial charge in [0.25, 0.3) is 5.91 Å². The van der Waals surface area contributed by atoms with Crippen LogP contribution in [0.25, 0.3) is 0 Å². The van der Waals surface area contributed by atoms with Crippen molar-refractivity contribution in [3.63, 3.8) is 0 Å². The molecule has 130 valence electrons. The molecule has 5 rings (SSSR count). The van der Waals surface area contributed by atoms with Gasteiger partial charge in [0.1, 0.15) is 0 Å². The van der Waals surface area contributed by atoms with Crippen LogP contribution in [0.4, 0.5) is 5.69 Å². The summed E-state index contributed by atoms with van der Waals surface area (Å²) in [5.41, 5.74) is 4.02. The lowest BCUT2D eigenvalue weighted by Gasteiger charge is -2.41. The van der Waals surface area contributed by atoms with Gasteiger partial charge >= 0.3 is 0 Å². The van der Waals surface area contributed by atoms with Crippen LogP contribution < -0.4 is 5.32 Å². The van der Waals surface area contributed by atoms with Crippen LogP contribution in [0.2, 0.25) is 0 Å². The van der Waals surface area contributed by atoms with Gasteiger partial charge in [0.15, 0.2) is 0 Å². The van der Waals surface area contributed by atoms with Crippen LogP contribution >= 0.6 is 0 Å². The largest absolute Gasteiger partial charge is 0.384 e. The lowest BCUT2D eigenvalue weighted by Crippen LogP contribution is -2.50. The average Bonchev–Trinajstić information content (AvgIpc) is 3.16. The topological polar surface area (TPSA) is 72.3 Å². The zero-order chi connectivity index (χ0) is 16.8. The van der Waals surface area contributed by atoms with E-state index in [4.69, 9.17) is 4.74 Å². The fraction of sp³-hybridized carbons (Fsp3) is 0.500. The van der Waals surface area contributed by atoms with Gasteiger partial charge in [-0.05, 0) is 30.9 Å².